The summed E-state index contributed by atoms with van der Waals surface area (Å²) < 4.78 is 0. The third-order valence-corrected chi connectivity index (χ3v) is 2.94. The zero-order valence-electron chi connectivity index (χ0n) is 9.48. The Hall–Kier alpha value is 0. The van der Waals surface area contributed by atoms with Crippen LogP contribution in [0.4, 0.5) is 0 Å². The van der Waals surface area contributed by atoms with Gasteiger partial charge in [0.2, 0.25) is 0 Å². The van der Waals surface area contributed by atoms with E-state index in [-0.39, 0.29) is 0 Å². The summed E-state index contributed by atoms with van der Waals surface area (Å²) in [5.41, 5.74) is 0.425. The fourth-order valence-corrected chi connectivity index (χ4v) is 1.21. The minimum Gasteiger partial charge on any atom is -0.0628 e. The second-order valence-electron chi connectivity index (χ2n) is 5.18. The van der Waals surface area contributed by atoms with Crippen LogP contribution in [0.2, 0.25) is 0 Å². The van der Waals surface area contributed by atoms with Crippen molar-refractivity contribution in [3.63, 3.8) is 0 Å². The fraction of sp³-hybridized carbons (Fsp3) is 0.917. The van der Waals surface area contributed by atoms with Gasteiger partial charge in [-0.1, -0.05) is 47.5 Å². The molecular formula is C12H25. The summed E-state index contributed by atoms with van der Waals surface area (Å²) in [6.45, 7) is 15.6. The summed E-state index contributed by atoms with van der Waals surface area (Å²) in [7, 11) is 0. The molecule has 0 aromatic carbocycles. The van der Waals surface area contributed by atoms with E-state index in [1.54, 1.807) is 0 Å². The number of hydrogen-bond acceptors (Lipinski definition) is 0. The smallest absolute Gasteiger partial charge is 0.0329 e. The van der Waals surface area contributed by atoms with Crippen molar-refractivity contribution in [1.82, 2.24) is 0 Å². The Labute approximate surface area is 78.8 Å². The first kappa shape index (κ1) is 12.0. The molecule has 73 valence electrons. The van der Waals surface area contributed by atoms with Crippen LogP contribution in [-0.4, -0.2) is 0 Å². The molecule has 0 fully saturated rings. The second-order valence-corrected chi connectivity index (χ2v) is 5.18. The van der Waals surface area contributed by atoms with E-state index in [1.165, 1.54) is 19.3 Å². The lowest BCUT2D eigenvalue weighted by Crippen LogP contribution is -2.19. The van der Waals surface area contributed by atoms with Crippen molar-refractivity contribution in [3.05, 3.63) is 6.92 Å². The standard InChI is InChI=1S/C12H25/c1-10(2)8-7-9-12(5,6)11(3)4/h10-11H,3,7-9H2,1-2,4-6H3. The molecule has 0 aromatic rings. The molecule has 0 heteroatoms. The van der Waals surface area contributed by atoms with Gasteiger partial charge in [-0.3, -0.25) is 0 Å². The molecule has 0 saturated carbocycles. The lowest BCUT2D eigenvalue weighted by atomic mass is 9.77. The van der Waals surface area contributed by atoms with Crippen molar-refractivity contribution in [1.29, 1.82) is 0 Å². The summed E-state index contributed by atoms with van der Waals surface area (Å²) in [4.78, 5) is 0. The highest BCUT2D eigenvalue weighted by Gasteiger charge is 2.21. The van der Waals surface area contributed by atoms with Gasteiger partial charge in [-0.15, -0.1) is 0 Å². The van der Waals surface area contributed by atoms with Crippen molar-refractivity contribution in [2.45, 2.75) is 53.9 Å². The molecule has 1 radical (unpaired) electrons. The lowest BCUT2D eigenvalue weighted by molar-refractivity contribution is 0.239. The summed E-state index contributed by atoms with van der Waals surface area (Å²) in [6.07, 6.45) is 4.02. The molecule has 1 atom stereocenters. The molecule has 1 unspecified atom stereocenters. The minimum absolute atomic E-state index is 0.425. The van der Waals surface area contributed by atoms with Crippen LogP contribution in [0.5, 0.6) is 0 Å². The molecule has 0 nitrogen and oxygen atoms in total. The Morgan fingerprint density at radius 2 is 1.67 bits per heavy atom. The largest absolute Gasteiger partial charge is 0.0628 e. The third kappa shape index (κ3) is 4.79. The summed E-state index contributed by atoms with van der Waals surface area (Å²) in [5, 5.41) is 0. The molecule has 0 aliphatic heterocycles. The highest BCUT2D eigenvalue weighted by Crippen LogP contribution is 2.32. The van der Waals surface area contributed by atoms with E-state index in [0.29, 0.717) is 11.3 Å². The van der Waals surface area contributed by atoms with Gasteiger partial charge in [-0.2, -0.15) is 0 Å². The molecule has 0 heterocycles. The third-order valence-electron chi connectivity index (χ3n) is 2.94. The van der Waals surface area contributed by atoms with Crippen LogP contribution in [0.15, 0.2) is 0 Å². The van der Waals surface area contributed by atoms with Crippen molar-refractivity contribution in [2.75, 3.05) is 0 Å². The van der Waals surface area contributed by atoms with Crippen LogP contribution in [0, 0.1) is 24.2 Å². The van der Waals surface area contributed by atoms with Gasteiger partial charge in [0.1, 0.15) is 0 Å². The highest BCUT2D eigenvalue weighted by molar-refractivity contribution is 4.76. The first-order chi connectivity index (χ1) is 5.36. The maximum Gasteiger partial charge on any atom is -0.0329 e. The van der Waals surface area contributed by atoms with Gasteiger partial charge in [0.25, 0.3) is 0 Å². The SMILES string of the molecule is [CH2]C(C)C(C)(C)CCCC(C)C. The zero-order chi connectivity index (χ0) is 9.78. The van der Waals surface area contributed by atoms with E-state index in [9.17, 15) is 0 Å². The summed E-state index contributed by atoms with van der Waals surface area (Å²) in [6, 6.07) is 0. The van der Waals surface area contributed by atoms with Gasteiger partial charge < -0.3 is 0 Å². The van der Waals surface area contributed by atoms with Crippen LogP contribution >= 0.6 is 0 Å². The molecule has 0 amide bonds. The van der Waals surface area contributed by atoms with Gasteiger partial charge in [-0.05, 0) is 30.6 Å². The van der Waals surface area contributed by atoms with E-state index >= 15 is 0 Å². The van der Waals surface area contributed by atoms with Crippen molar-refractivity contribution in [2.24, 2.45) is 17.3 Å². The van der Waals surface area contributed by atoms with Crippen molar-refractivity contribution in [3.8, 4) is 0 Å². The van der Waals surface area contributed by atoms with Gasteiger partial charge in [0.05, 0.1) is 0 Å². The predicted octanol–water partition coefficient (Wildman–Crippen LogP) is 4.31. The monoisotopic (exact) mass is 169 g/mol. The minimum atomic E-state index is 0.425. The Kier molecular flexibility index (Phi) is 4.89. The molecule has 0 aliphatic carbocycles. The van der Waals surface area contributed by atoms with E-state index in [1.807, 2.05) is 0 Å². The number of hydrogen-bond donors (Lipinski definition) is 0. The Bertz CT molecular complexity index is 109. The second kappa shape index (κ2) is 4.89. The molecule has 0 saturated heterocycles. The molecular weight excluding hydrogens is 144 g/mol. The van der Waals surface area contributed by atoms with Crippen LogP contribution in [0.25, 0.3) is 0 Å². The molecule has 0 bridgehead atoms. The molecule has 12 heavy (non-hydrogen) atoms. The molecule has 0 aromatic heterocycles. The van der Waals surface area contributed by atoms with Crippen molar-refractivity contribution >= 4 is 0 Å². The average Bonchev–Trinajstić information content (AvgIpc) is 1.85. The first-order valence-electron chi connectivity index (χ1n) is 5.19. The average molecular weight is 169 g/mol. The van der Waals surface area contributed by atoms with Crippen LogP contribution in [0.1, 0.15) is 53.9 Å². The maximum absolute atomic E-state index is 4.11. The van der Waals surface area contributed by atoms with Gasteiger partial charge in [-0.25, -0.2) is 0 Å². The Morgan fingerprint density at radius 1 is 1.17 bits per heavy atom. The van der Waals surface area contributed by atoms with E-state index < -0.39 is 0 Å². The Balaban J connectivity index is 3.61. The summed E-state index contributed by atoms with van der Waals surface area (Å²) in [5.74, 6) is 1.41. The predicted molar refractivity (Wildman–Crippen MR) is 57.0 cm³/mol. The van der Waals surface area contributed by atoms with Gasteiger partial charge in [0, 0.05) is 0 Å². The van der Waals surface area contributed by atoms with E-state index in [4.69, 9.17) is 0 Å². The van der Waals surface area contributed by atoms with Gasteiger partial charge in [0.15, 0.2) is 0 Å². The highest BCUT2D eigenvalue weighted by atomic mass is 14.3. The van der Waals surface area contributed by atoms with Gasteiger partial charge >= 0.3 is 0 Å². The molecule has 0 spiro atoms. The van der Waals surface area contributed by atoms with Crippen molar-refractivity contribution < 1.29 is 0 Å². The van der Waals surface area contributed by atoms with E-state index in [0.717, 1.165) is 5.92 Å². The normalized spacial score (nSPS) is 13.0. The summed E-state index contributed by atoms with van der Waals surface area (Å²) >= 11 is 0. The maximum atomic E-state index is 4.11. The van der Waals surface area contributed by atoms with Crippen LogP contribution < -0.4 is 0 Å². The van der Waals surface area contributed by atoms with E-state index in [2.05, 4.69) is 41.5 Å². The zero-order valence-corrected chi connectivity index (χ0v) is 9.48. The quantitative estimate of drug-likeness (QED) is 0.575. The molecule has 0 rings (SSSR count). The molecule has 0 aliphatic rings. The fourth-order valence-electron chi connectivity index (χ4n) is 1.21. The van der Waals surface area contributed by atoms with Crippen LogP contribution in [0.3, 0.4) is 0 Å². The number of rotatable bonds is 5. The molecule has 0 N–H and O–H groups in total. The first-order valence-corrected chi connectivity index (χ1v) is 5.19. The lowest BCUT2D eigenvalue weighted by Gasteiger charge is -2.29. The Morgan fingerprint density at radius 3 is 2.00 bits per heavy atom. The topological polar surface area (TPSA) is 0 Å². The van der Waals surface area contributed by atoms with Crippen LogP contribution in [-0.2, 0) is 0 Å².